The Morgan fingerprint density at radius 3 is 2.24 bits per heavy atom. The highest BCUT2D eigenvalue weighted by Gasteiger charge is 2.28. The molecule has 1 fully saturated rings. The van der Waals surface area contributed by atoms with E-state index in [0.717, 1.165) is 59.1 Å². The van der Waals surface area contributed by atoms with Gasteiger partial charge in [-0.2, -0.15) is 0 Å². The maximum Gasteiger partial charge on any atom is 0.303 e. The van der Waals surface area contributed by atoms with E-state index in [4.69, 9.17) is 19.3 Å². The molecule has 0 aromatic heterocycles. The van der Waals surface area contributed by atoms with Gasteiger partial charge in [0.05, 0.1) is 25.4 Å². The lowest BCUT2D eigenvalue weighted by atomic mass is 9.98. The SMILES string of the molecule is CCOc1cc(CN2CC(COc3cccc(CCC(=O)O)c3)C2)cc(OCC)c1-c1ccc(F)cc1. The van der Waals surface area contributed by atoms with Crippen LogP contribution < -0.4 is 14.2 Å². The summed E-state index contributed by atoms with van der Waals surface area (Å²) in [6.45, 7) is 8.17. The van der Waals surface area contributed by atoms with E-state index in [0.29, 0.717) is 32.2 Å². The predicted molar refractivity (Wildman–Crippen MR) is 141 cm³/mol. The van der Waals surface area contributed by atoms with E-state index in [1.807, 2.05) is 38.1 Å². The van der Waals surface area contributed by atoms with E-state index in [9.17, 15) is 9.18 Å². The first-order chi connectivity index (χ1) is 17.9. The second-order valence-electron chi connectivity index (χ2n) is 9.25. The molecule has 1 aliphatic heterocycles. The molecular weight excluding hydrogens is 473 g/mol. The first kappa shape index (κ1) is 26.5. The molecule has 1 saturated heterocycles. The van der Waals surface area contributed by atoms with Gasteiger partial charge in [-0.15, -0.1) is 0 Å². The number of aryl methyl sites for hydroxylation is 1. The minimum Gasteiger partial charge on any atom is -0.493 e. The second kappa shape index (κ2) is 12.6. The molecule has 6 nitrogen and oxygen atoms in total. The molecule has 4 rings (SSSR count). The van der Waals surface area contributed by atoms with Gasteiger partial charge in [-0.05, 0) is 73.4 Å². The van der Waals surface area contributed by atoms with Crippen molar-refractivity contribution in [1.82, 2.24) is 4.90 Å². The molecule has 3 aromatic carbocycles. The van der Waals surface area contributed by atoms with Crippen LogP contribution in [0, 0.1) is 11.7 Å². The highest BCUT2D eigenvalue weighted by atomic mass is 19.1. The van der Waals surface area contributed by atoms with Crippen molar-refractivity contribution in [3.63, 3.8) is 0 Å². The van der Waals surface area contributed by atoms with Gasteiger partial charge in [0.25, 0.3) is 0 Å². The fraction of sp³-hybridized carbons (Fsp3) is 0.367. The number of carboxylic acid groups (broad SMARTS) is 1. The maximum atomic E-state index is 13.5. The molecule has 0 atom stereocenters. The number of ether oxygens (including phenoxy) is 3. The normalized spacial score (nSPS) is 13.7. The maximum absolute atomic E-state index is 13.5. The fourth-order valence-corrected chi connectivity index (χ4v) is 4.60. The van der Waals surface area contributed by atoms with E-state index in [1.54, 1.807) is 12.1 Å². The summed E-state index contributed by atoms with van der Waals surface area (Å²) < 4.78 is 31.5. The topological polar surface area (TPSA) is 68.2 Å². The summed E-state index contributed by atoms with van der Waals surface area (Å²) in [5.74, 6) is 1.60. The zero-order chi connectivity index (χ0) is 26.2. The van der Waals surface area contributed by atoms with Crippen LogP contribution >= 0.6 is 0 Å². The average Bonchev–Trinajstić information content (AvgIpc) is 2.85. The van der Waals surface area contributed by atoms with Crippen molar-refractivity contribution < 1.29 is 28.5 Å². The number of likely N-dealkylation sites (tertiary alicyclic amines) is 1. The minimum absolute atomic E-state index is 0.113. The Hall–Kier alpha value is -3.58. The summed E-state index contributed by atoms with van der Waals surface area (Å²) in [6.07, 6.45) is 0.610. The van der Waals surface area contributed by atoms with Gasteiger partial charge in [0.15, 0.2) is 0 Å². The van der Waals surface area contributed by atoms with Crippen LogP contribution in [0.5, 0.6) is 17.2 Å². The molecule has 3 aromatic rings. The third-order valence-corrected chi connectivity index (χ3v) is 6.31. The number of aliphatic carboxylic acids is 1. The molecule has 0 spiro atoms. The van der Waals surface area contributed by atoms with Gasteiger partial charge < -0.3 is 19.3 Å². The number of hydrogen-bond donors (Lipinski definition) is 1. The van der Waals surface area contributed by atoms with Gasteiger partial charge in [0, 0.05) is 32.0 Å². The lowest BCUT2D eigenvalue weighted by molar-refractivity contribution is -0.136. The largest absolute Gasteiger partial charge is 0.493 e. The first-order valence-electron chi connectivity index (χ1n) is 12.8. The van der Waals surface area contributed by atoms with Crippen LogP contribution in [0.4, 0.5) is 4.39 Å². The Kier molecular flexibility index (Phi) is 9.01. The molecule has 0 radical (unpaired) electrons. The van der Waals surface area contributed by atoms with Crippen LogP contribution in [0.2, 0.25) is 0 Å². The molecule has 7 heteroatoms. The van der Waals surface area contributed by atoms with E-state index < -0.39 is 5.97 Å². The van der Waals surface area contributed by atoms with Crippen LogP contribution in [-0.4, -0.2) is 48.9 Å². The van der Waals surface area contributed by atoms with Crippen molar-refractivity contribution in [2.45, 2.75) is 33.2 Å². The molecule has 1 N–H and O–H groups in total. The zero-order valence-electron chi connectivity index (χ0n) is 21.4. The highest BCUT2D eigenvalue weighted by Crippen LogP contribution is 2.40. The predicted octanol–water partition coefficient (Wildman–Crippen LogP) is 5.82. The van der Waals surface area contributed by atoms with Crippen molar-refractivity contribution in [1.29, 1.82) is 0 Å². The summed E-state index contributed by atoms with van der Waals surface area (Å²) in [4.78, 5) is 13.2. The molecule has 0 amide bonds. The standard InChI is InChI=1S/C30H34FNO5/c1-3-35-27-15-22(16-28(36-4-2)30(27)24-9-11-25(31)12-10-24)17-32-18-23(19-32)20-37-26-7-5-6-21(14-26)8-13-29(33)34/h5-7,9-12,14-16,23H,3-4,8,13,17-20H2,1-2H3,(H,33,34). The third-order valence-electron chi connectivity index (χ3n) is 6.31. The number of carboxylic acids is 1. The molecule has 0 aliphatic carbocycles. The van der Waals surface area contributed by atoms with Crippen molar-refractivity contribution in [2.24, 2.45) is 5.92 Å². The molecule has 0 unspecified atom stereocenters. The summed E-state index contributed by atoms with van der Waals surface area (Å²) in [7, 11) is 0. The number of nitrogens with zero attached hydrogens (tertiary/aromatic N) is 1. The van der Waals surface area contributed by atoms with Gasteiger partial charge in [-0.25, -0.2) is 4.39 Å². The molecule has 1 heterocycles. The van der Waals surface area contributed by atoms with Crippen LogP contribution in [0.25, 0.3) is 11.1 Å². The number of hydrogen-bond acceptors (Lipinski definition) is 5. The van der Waals surface area contributed by atoms with Crippen molar-refractivity contribution in [2.75, 3.05) is 32.9 Å². The Morgan fingerprint density at radius 2 is 1.62 bits per heavy atom. The van der Waals surface area contributed by atoms with Gasteiger partial charge in [-0.3, -0.25) is 9.69 Å². The van der Waals surface area contributed by atoms with Gasteiger partial charge in [0.2, 0.25) is 0 Å². The fourth-order valence-electron chi connectivity index (χ4n) is 4.60. The van der Waals surface area contributed by atoms with Crippen LogP contribution in [0.15, 0.2) is 60.7 Å². The average molecular weight is 508 g/mol. The number of rotatable bonds is 13. The summed E-state index contributed by atoms with van der Waals surface area (Å²) in [5, 5.41) is 8.89. The zero-order valence-corrected chi connectivity index (χ0v) is 21.4. The molecule has 196 valence electrons. The second-order valence-corrected chi connectivity index (χ2v) is 9.25. The molecular formula is C30H34FNO5. The van der Waals surface area contributed by atoms with Crippen LogP contribution in [-0.2, 0) is 17.8 Å². The van der Waals surface area contributed by atoms with E-state index >= 15 is 0 Å². The lowest BCUT2D eigenvalue weighted by Gasteiger charge is -2.39. The van der Waals surface area contributed by atoms with E-state index in [2.05, 4.69) is 17.0 Å². The Morgan fingerprint density at radius 1 is 0.946 bits per heavy atom. The number of carbonyl (C=O) groups is 1. The van der Waals surface area contributed by atoms with E-state index in [-0.39, 0.29) is 12.2 Å². The summed E-state index contributed by atoms with van der Waals surface area (Å²) in [6, 6.07) is 18.2. The van der Waals surface area contributed by atoms with Crippen molar-refractivity contribution in [3.8, 4) is 28.4 Å². The first-order valence-corrected chi connectivity index (χ1v) is 12.8. The van der Waals surface area contributed by atoms with Crippen molar-refractivity contribution >= 4 is 5.97 Å². The third kappa shape index (κ3) is 7.23. The Balaban J connectivity index is 1.37. The lowest BCUT2D eigenvalue weighted by Crippen LogP contribution is -2.48. The minimum atomic E-state index is -0.798. The molecule has 1 aliphatic rings. The van der Waals surface area contributed by atoms with Gasteiger partial charge in [-0.1, -0.05) is 24.3 Å². The number of halogens is 1. The smallest absolute Gasteiger partial charge is 0.303 e. The summed E-state index contributed by atoms with van der Waals surface area (Å²) in [5.41, 5.74) is 3.76. The van der Waals surface area contributed by atoms with Crippen LogP contribution in [0.1, 0.15) is 31.4 Å². The van der Waals surface area contributed by atoms with Crippen LogP contribution in [0.3, 0.4) is 0 Å². The Labute approximate surface area is 217 Å². The highest BCUT2D eigenvalue weighted by molar-refractivity contribution is 5.77. The Bertz CT molecular complexity index is 1160. The monoisotopic (exact) mass is 507 g/mol. The van der Waals surface area contributed by atoms with Crippen molar-refractivity contribution in [3.05, 3.63) is 77.6 Å². The van der Waals surface area contributed by atoms with Gasteiger partial charge in [0.1, 0.15) is 23.1 Å². The van der Waals surface area contributed by atoms with E-state index in [1.165, 1.54) is 12.1 Å². The molecule has 37 heavy (non-hydrogen) atoms. The quantitative estimate of drug-likeness (QED) is 0.315. The molecule has 0 saturated carbocycles. The summed E-state index contributed by atoms with van der Waals surface area (Å²) >= 11 is 0. The van der Waals surface area contributed by atoms with Gasteiger partial charge >= 0.3 is 5.97 Å². The molecule has 0 bridgehead atoms. The number of benzene rings is 3.